The van der Waals surface area contributed by atoms with Gasteiger partial charge < -0.3 is 30.4 Å². The fraction of sp³-hybridized carbons (Fsp3) is 0.350. The van der Waals surface area contributed by atoms with Gasteiger partial charge in [-0.3, -0.25) is 14.4 Å². The number of hydrogen-bond acceptors (Lipinski definition) is 7. The van der Waals surface area contributed by atoms with Crippen molar-refractivity contribution in [2.45, 2.75) is 26.0 Å². The van der Waals surface area contributed by atoms with Gasteiger partial charge in [0.25, 0.3) is 0 Å². The van der Waals surface area contributed by atoms with Gasteiger partial charge in [0.05, 0.1) is 12.9 Å². The molecule has 1 unspecified atom stereocenters. The second-order valence-corrected chi connectivity index (χ2v) is 6.34. The Hall–Kier alpha value is -3.89. The first-order valence-electron chi connectivity index (χ1n) is 9.62. The third-order valence-corrected chi connectivity index (χ3v) is 3.95. The predicted octanol–water partition coefficient (Wildman–Crippen LogP) is 0.0427. The normalized spacial score (nSPS) is 11.1. The zero-order chi connectivity index (χ0) is 22.5. The molecule has 2 aromatic rings. The molecule has 2 rings (SSSR count). The van der Waals surface area contributed by atoms with Crippen LogP contribution in [0.5, 0.6) is 0 Å². The lowest BCUT2D eigenvalue weighted by atomic mass is 10.1. The molecule has 0 spiro atoms. The number of aromatic amines is 1. The van der Waals surface area contributed by atoms with E-state index >= 15 is 0 Å². The number of carbonyl (C=O) groups is 4. The number of amides is 3. The first-order valence-corrected chi connectivity index (χ1v) is 9.62. The van der Waals surface area contributed by atoms with Gasteiger partial charge in [0.15, 0.2) is 0 Å². The first-order chi connectivity index (χ1) is 15.0. The molecule has 31 heavy (non-hydrogen) atoms. The number of H-pyrrole nitrogens is 1. The van der Waals surface area contributed by atoms with Crippen molar-refractivity contribution in [1.82, 2.24) is 25.9 Å². The molecule has 0 bridgehead atoms. The molecule has 0 saturated heterocycles. The van der Waals surface area contributed by atoms with E-state index in [9.17, 15) is 19.2 Å². The maximum absolute atomic E-state index is 12.4. The van der Waals surface area contributed by atoms with Gasteiger partial charge in [-0.2, -0.15) is 0 Å². The number of esters is 1. The fourth-order valence-corrected chi connectivity index (χ4v) is 2.49. The minimum Gasteiger partial charge on any atom is -0.465 e. The van der Waals surface area contributed by atoms with Crippen LogP contribution in [0.2, 0.25) is 0 Å². The zero-order valence-electron chi connectivity index (χ0n) is 17.1. The summed E-state index contributed by atoms with van der Waals surface area (Å²) >= 11 is 0. The summed E-state index contributed by atoms with van der Waals surface area (Å²) in [6.45, 7) is 1.19. The van der Waals surface area contributed by atoms with Gasteiger partial charge in [-0.15, -0.1) is 0 Å². The molecule has 11 heteroatoms. The van der Waals surface area contributed by atoms with Crippen molar-refractivity contribution in [3.05, 3.63) is 54.1 Å². The summed E-state index contributed by atoms with van der Waals surface area (Å²) < 4.78 is 9.79. The molecule has 0 fully saturated rings. The molecule has 1 aromatic heterocycles. The van der Waals surface area contributed by atoms with E-state index < -0.39 is 36.5 Å². The summed E-state index contributed by atoms with van der Waals surface area (Å²) in [6.07, 6.45) is 2.29. The number of alkyl carbamates (subject to hydrolysis) is 1. The van der Waals surface area contributed by atoms with Crippen molar-refractivity contribution in [3.8, 4) is 0 Å². The van der Waals surface area contributed by atoms with Gasteiger partial charge in [0, 0.05) is 18.3 Å². The Morgan fingerprint density at radius 2 is 1.84 bits per heavy atom. The van der Waals surface area contributed by atoms with Gasteiger partial charge in [0.1, 0.15) is 25.7 Å². The second kappa shape index (κ2) is 12.6. The Morgan fingerprint density at radius 3 is 2.52 bits per heavy atom. The van der Waals surface area contributed by atoms with Crippen LogP contribution in [-0.4, -0.2) is 59.6 Å². The molecule has 11 nitrogen and oxygen atoms in total. The lowest BCUT2D eigenvalue weighted by Crippen LogP contribution is -2.51. The summed E-state index contributed by atoms with van der Waals surface area (Å²) in [7, 11) is 0. The maximum Gasteiger partial charge on any atom is 0.407 e. The molecule has 0 aliphatic carbocycles. The third kappa shape index (κ3) is 8.98. The highest BCUT2D eigenvalue weighted by Gasteiger charge is 2.23. The van der Waals surface area contributed by atoms with Gasteiger partial charge in [-0.05, 0) is 12.5 Å². The largest absolute Gasteiger partial charge is 0.465 e. The summed E-state index contributed by atoms with van der Waals surface area (Å²) in [4.78, 5) is 54.6. The number of benzene rings is 1. The number of ether oxygens (including phenoxy) is 2. The van der Waals surface area contributed by atoms with E-state index in [2.05, 4.69) is 25.9 Å². The van der Waals surface area contributed by atoms with Crippen LogP contribution in [0.3, 0.4) is 0 Å². The highest BCUT2D eigenvalue weighted by molar-refractivity contribution is 5.91. The van der Waals surface area contributed by atoms with Crippen LogP contribution in [0.1, 0.15) is 18.2 Å². The molecule has 0 aliphatic heterocycles. The standard InChI is InChI=1S/C20H25N5O6/c1-2-30-18(27)11-22-19(28)16(8-15-9-21-13-24-15)25-17(26)10-23-20(29)31-12-14-6-4-3-5-7-14/h3-7,9,13,16H,2,8,10-12H2,1H3,(H,21,24)(H,22,28)(H,23,29)(H,25,26). The smallest absolute Gasteiger partial charge is 0.407 e. The molecule has 166 valence electrons. The molecule has 1 atom stereocenters. The number of nitrogens with zero attached hydrogens (tertiary/aromatic N) is 1. The molecular formula is C20H25N5O6. The van der Waals surface area contributed by atoms with Crippen LogP contribution in [0.15, 0.2) is 42.9 Å². The Bertz CT molecular complexity index is 856. The monoisotopic (exact) mass is 431 g/mol. The Kier molecular flexibility index (Phi) is 9.53. The van der Waals surface area contributed by atoms with E-state index in [0.29, 0.717) is 5.69 Å². The number of aromatic nitrogens is 2. The molecule has 1 heterocycles. The lowest BCUT2D eigenvalue weighted by Gasteiger charge is -2.18. The Balaban J connectivity index is 1.82. The van der Waals surface area contributed by atoms with Crippen LogP contribution in [0.25, 0.3) is 0 Å². The lowest BCUT2D eigenvalue weighted by molar-refractivity contribution is -0.143. The number of hydrogen-bond donors (Lipinski definition) is 4. The van der Waals surface area contributed by atoms with Crippen molar-refractivity contribution in [2.75, 3.05) is 19.7 Å². The van der Waals surface area contributed by atoms with Crippen molar-refractivity contribution in [1.29, 1.82) is 0 Å². The van der Waals surface area contributed by atoms with E-state index in [0.717, 1.165) is 5.56 Å². The second-order valence-electron chi connectivity index (χ2n) is 6.34. The Morgan fingerprint density at radius 1 is 1.06 bits per heavy atom. The van der Waals surface area contributed by atoms with Crippen LogP contribution in [0.4, 0.5) is 4.79 Å². The number of nitrogens with one attached hydrogen (secondary N) is 4. The number of imidazole rings is 1. The van der Waals surface area contributed by atoms with Gasteiger partial charge in [0.2, 0.25) is 11.8 Å². The van der Waals surface area contributed by atoms with Gasteiger partial charge in [-0.1, -0.05) is 30.3 Å². The summed E-state index contributed by atoms with van der Waals surface area (Å²) in [5.41, 5.74) is 1.41. The SMILES string of the molecule is CCOC(=O)CNC(=O)C(Cc1cnc[nH]1)NC(=O)CNC(=O)OCc1ccccc1. The highest BCUT2D eigenvalue weighted by atomic mass is 16.5. The van der Waals surface area contributed by atoms with Crippen LogP contribution in [0, 0.1) is 0 Å². The van der Waals surface area contributed by atoms with Crippen LogP contribution < -0.4 is 16.0 Å². The highest BCUT2D eigenvalue weighted by Crippen LogP contribution is 2.01. The fourth-order valence-electron chi connectivity index (χ4n) is 2.49. The number of carbonyl (C=O) groups excluding carboxylic acids is 4. The molecule has 0 saturated carbocycles. The molecule has 0 radical (unpaired) electrons. The van der Waals surface area contributed by atoms with E-state index in [1.54, 1.807) is 19.1 Å². The number of rotatable bonds is 11. The molecule has 4 N–H and O–H groups in total. The van der Waals surface area contributed by atoms with Crippen molar-refractivity contribution in [2.24, 2.45) is 0 Å². The van der Waals surface area contributed by atoms with Crippen LogP contribution >= 0.6 is 0 Å². The summed E-state index contributed by atoms with van der Waals surface area (Å²) in [5, 5.41) is 7.26. The Labute approximate surface area is 178 Å². The van der Waals surface area contributed by atoms with Gasteiger partial charge >= 0.3 is 12.1 Å². The van der Waals surface area contributed by atoms with Gasteiger partial charge in [-0.25, -0.2) is 9.78 Å². The quantitative estimate of drug-likeness (QED) is 0.367. The molecule has 0 aliphatic rings. The summed E-state index contributed by atoms with van der Waals surface area (Å²) in [5.74, 6) is -1.78. The maximum atomic E-state index is 12.4. The average Bonchev–Trinajstić information content (AvgIpc) is 3.28. The molecular weight excluding hydrogens is 406 g/mol. The average molecular weight is 431 g/mol. The summed E-state index contributed by atoms with van der Waals surface area (Å²) in [6, 6.07) is 8.08. The van der Waals surface area contributed by atoms with Crippen LogP contribution in [-0.2, 0) is 36.9 Å². The van der Waals surface area contributed by atoms with E-state index in [1.807, 2.05) is 18.2 Å². The van der Waals surface area contributed by atoms with Crippen molar-refractivity contribution < 1.29 is 28.7 Å². The van der Waals surface area contributed by atoms with E-state index in [4.69, 9.17) is 9.47 Å². The third-order valence-electron chi connectivity index (χ3n) is 3.95. The predicted molar refractivity (Wildman–Crippen MR) is 108 cm³/mol. The molecule has 3 amide bonds. The minimum atomic E-state index is -0.996. The topological polar surface area (TPSA) is 152 Å². The molecule has 1 aromatic carbocycles. The van der Waals surface area contributed by atoms with E-state index in [-0.39, 0.29) is 26.2 Å². The van der Waals surface area contributed by atoms with E-state index in [1.165, 1.54) is 12.5 Å². The van der Waals surface area contributed by atoms with Crippen molar-refractivity contribution in [3.63, 3.8) is 0 Å². The minimum absolute atomic E-state index is 0.0625. The van der Waals surface area contributed by atoms with Crippen molar-refractivity contribution >= 4 is 23.9 Å². The first kappa shape index (κ1) is 23.4. The zero-order valence-corrected chi connectivity index (χ0v) is 17.1.